The number of thioether (sulfide) groups is 1. The number of benzene rings is 2. The van der Waals surface area contributed by atoms with Crippen molar-refractivity contribution in [1.82, 2.24) is 0 Å². The van der Waals surface area contributed by atoms with Gasteiger partial charge in [-0.05, 0) is 75.4 Å². The number of hydrogen-bond acceptors (Lipinski definition) is 5. The number of anilines is 1. The molecule has 1 saturated heterocycles. The zero-order valence-electron chi connectivity index (χ0n) is 21.5. The lowest BCUT2D eigenvalue weighted by atomic mass is 9.78. The van der Waals surface area contributed by atoms with Gasteiger partial charge < -0.3 is 10.8 Å². The second-order valence-corrected chi connectivity index (χ2v) is 12.9. The smallest absolute Gasteiger partial charge is 0.238 e. The molecule has 1 amide bonds. The molecule has 4 rings (SSSR count). The van der Waals surface area contributed by atoms with E-state index in [-0.39, 0.29) is 34.5 Å². The number of halogens is 1. The summed E-state index contributed by atoms with van der Waals surface area (Å²) in [5.41, 5.74) is 10.0. The molecule has 2 aromatic carbocycles. The summed E-state index contributed by atoms with van der Waals surface area (Å²) >= 11 is 3.16. The first-order chi connectivity index (χ1) is 16.4. The van der Waals surface area contributed by atoms with Crippen LogP contribution in [0.25, 0.3) is 0 Å². The van der Waals surface area contributed by atoms with Crippen molar-refractivity contribution in [3.63, 3.8) is 0 Å². The van der Waals surface area contributed by atoms with Crippen molar-refractivity contribution in [2.24, 2.45) is 10.7 Å². The number of nitrogens with two attached hydrogens (primary N) is 1. The highest BCUT2D eigenvalue weighted by Gasteiger charge is 2.36. The third-order valence-electron chi connectivity index (χ3n) is 6.05. The van der Waals surface area contributed by atoms with E-state index in [2.05, 4.69) is 58.7 Å². The number of phenolic OH excluding ortho intramolecular Hbond substituents is 1. The second kappa shape index (κ2) is 10.5. The van der Waals surface area contributed by atoms with Crippen LogP contribution in [-0.4, -0.2) is 22.6 Å². The number of amidine groups is 1. The molecule has 3 N–H and O–H groups in total. The van der Waals surface area contributed by atoms with Crippen LogP contribution in [0.2, 0.25) is 0 Å². The van der Waals surface area contributed by atoms with Gasteiger partial charge in [-0.25, -0.2) is 4.99 Å². The van der Waals surface area contributed by atoms with E-state index in [4.69, 9.17) is 5.73 Å². The normalized spacial score (nSPS) is 16.8. The molecule has 0 bridgehead atoms. The fourth-order valence-corrected chi connectivity index (χ4v) is 5.98. The Morgan fingerprint density at radius 2 is 1.61 bits per heavy atom. The Bertz CT molecular complexity index is 1220. The molecular formula is C28H34ClN3O2S2. The summed E-state index contributed by atoms with van der Waals surface area (Å²) < 4.78 is 0. The average molecular weight is 544 g/mol. The molecular weight excluding hydrogens is 510 g/mol. The molecule has 36 heavy (non-hydrogen) atoms. The van der Waals surface area contributed by atoms with Gasteiger partial charge in [0, 0.05) is 5.69 Å². The van der Waals surface area contributed by atoms with E-state index in [0.29, 0.717) is 17.3 Å². The molecule has 1 aliphatic heterocycles. The van der Waals surface area contributed by atoms with Crippen molar-refractivity contribution in [3.05, 3.63) is 75.5 Å². The number of carbonyl (C=O) groups excluding carboxylic acids is 1. The van der Waals surface area contributed by atoms with Gasteiger partial charge in [0.15, 0.2) is 0 Å². The molecule has 1 unspecified atom stereocenters. The Balaban J connectivity index is 0.00000361. The summed E-state index contributed by atoms with van der Waals surface area (Å²) in [4.78, 5) is 20.3. The number of carbonyl (C=O) groups is 1. The highest BCUT2D eigenvalue weighted by atomic mass is 35.5. The topological polar surface area (TPSA) is 78.9 Å². The van der Waals surface area contributed by atoms with Gasteiger partial charge in [0.1, 0.15) is 17.0 Å². The predicted octanol–water partition coefficient (Wildman–Crippen LogP) is 7.29. The lowest BCUT2D eigenvalue weighted by Crippen LogP contribution is -2.28. The SMILES string of the molecule is CC(C)(C)c1cc(C2SCC(=O)N2c2ccc(N=C(N)c3cccs3)cc2)cc(C(C)(C)C)c1O.Cl. The molecule has 8 heteroatoms. The molecule has 1 aliphatic rings. The molecule has 1 fully saturated rings. The summed E-state index contributed by atoms with van der Waals surface area (Å²) in [6.07, 6.45) is 0. The Morgan fingerprint density at radius 3 is 2.11 bits per heavy atom. The van der Waals surface area contributed by atoms with Crippen LogP contribution in [0.5, 0.6) is 5.75 Å². The molecule has 0 aliphatic carbocycles. The number of aliphatic imine (C=N–C) groups is 1. The van der Waals surface area contributed by atoms with Gasteiger partial charge in [0.2, 0.25) is 5.91 Å². The molecule has 1 atom stereocenters. The highest BCUT2D eigenvalue weighted by molar-refractivity contribution is 8.00. The van der Waals surface area contributed by atoms with E-state index >= 15 is 0 Å². The van der Waals surface area contributed by atoms with Crippen LogP contribution in [-0.2, 0) is 15.6 Å². The van der Waals surface area contributed by atoms with Gasteiger partial charge in [-0.3, -0.25) is 9.69 Å². The molecule has 0 saturated carbocycles. The first-order valence-electron chi connectivity index (χ1n) is 11.7. The number of thiophene rings is 1. The number of amides is 1. The average Bonchev–Trinajstić information content (AvgIpc) is 3.43. The summed E-state index contributed by atoms with van der Waals surface area (Å²) in [6.45, 7) is 12.6. The third-order valence-corrected chi connectivity index (χ3v) is 8.16. The minimum Gasteiger partial charge on any atom is -0.507 e. The standard InChI is InChI=1S/C28H33N3O2S2.ClH/c1-27(2,3)20-14-17(15-21(24(20)33)28(4,5)6)26-31(23(32)16-35-26)19-11-9-18(10-12-19)30-25(29)22-8-7-13-34-22;/h7-15,26,33H,16H2,1-6H3,(H2,29,30);1H. The van der Waals surface area contributed by atoms with Gasteiger partial charge in [0.05, 0.1) is 16.3 Å². The number of rotatable bonds is 4. The van der Waals surface area contributed by atoms with Crippen molar-refractivity contribution >= 4 is 58.6 Å². The van der Waals surface area contributed by atoms with Gasteiger partial charge >= 0.3 is 0 Å². The van der Waals surface area contributed by atoms with Gasteiger partial charge in [-0.1, -0.05) is 47.6 Å². The van der Waals surface area contributed by atoms with Crippen molar-refractivity contribution in [2.75, 3.05) is 10.7 Å². The number of aromatic hydroxyl groups is 1. The maximum atomic E-state index is 13.0. The zero-order chi connectivity index (χ0) is 25.5. The fourth-order valence-electron chi connectivity index (χ4n) is 4.20. The summed E-state index contributed by atoms with van der Waals surface area (Å²) in [7, 11) is 0. The fraction of sp³-hybridized carbons (Fsp3) is 0.357. The Morgan fingerprint density at radius 1 is 1.03 bits per heavy atom. The third kappa shape index (κ3) is 5.74. The first-order valence-corrected chi connectivity index (χ1v) is 13.6. The van der Waals surface area contributed by atoms with Crippen LogP contribution >= 0.6 is 35.5 Å². The quantitative estimate of drug-likeness (QED) is 0.267. The minimum absolute atomic E-state index is 0. The maximum absolute atomic E-state index is 13.0. The largest absolute Gasteiger partial charge is 0.507 e. The summed E-state index contributed by atoms with van der Waals surface area (Å²) in [5, 5.41) is 12.9. The van der Waals surface area contributed by atoms with Crippen LogP contribution in [0.4, 0.5) is 11.4 Å². The summed E-state index contributed by atoms with van der Waals surface area (Å²) in [6, 6.07) is 15.6. The summed E-state index contributed by atoms with van der Waals surface area (Å²) in [5.74, 6) is 1.30. The van der Waals surface area contributed by atoms with Crippen LogP contribution in [0.3, 0.4) is 0 Å². The molecule has 5 nitrogen and oxygen atoms in total. The maximum Gasteiger partial charge on any atom is 0.238 e. The van der Waals surface area contributed by atoms with Gasteiger partial charge in [0.25, 0.3) is 0 Å². The lowest BCUT2D eigenvalue weighted by molar-refractivity contribution is -0.115. The van der Waals surface area contributed by atoms with Crippen LogP contribution in [0.1, 0.15) is 68.5 Å². The van der Waals surface area contributed by atoms with Crippen molar-refractivity contribution in [3.8, 4) is 5.75 Å². The Hall–Kier alpha value is -2.48. The van der Waals surface area contributed by atoms with E-state index in [1.54, 1.807) is 23.1 Å². The van der Waals surface area contributed by atoms with Crippen molar-refractivity contribution in [2.45, 2.75) is 57.7 Å². The zero-order valence-corrected chi connectivity index (χ0v) is 24.0. The number of phenols is 1. The van der Waals surface area contributed by atoms with E-state index in [1.165, 1.54) is 0 Å². The van der Waals surface area contributed by atoms with E-state index in [1.807, 2.05) is 46.7 Å². The molecule has 1 aromatic heterocycles. The number of nitrogens with zero attached hydrogens (tertiary/aromatic N) is 2. The molecule has 192 valence electrons. The van der Waals surface area contributed by atoms with Crippen LogP contribution in [0.15, 0.2) is 58.9 Å². The van der Waals surface area contributed by atoms with E-state index in [9.17, 15) is 9.90 Å². The molecule has 3 aromatic rings. The first kappa shape index (κ1) is 28.1. The van der Waals surface area contributed by atoms with Crippen LogP contribution in [0, 0.1) is 0 Å². The van der Waals surface area contributed by atoms with Gasteiger partial charge in [-0.2, -0.15) is 0 Å². The van der Waals surface area contributed by atoms with E-state index < -0.39 is 0 Å². The van der Waals surface area contributed by atoms with E-state index in [0.717, 1.165) is 32.9 Å². The van der Waals surface area contributed by atoms with Crippen LogP contribution < -0.4 is 10.6 Å². The Labute approximate surface area is 228 Å². The number of hydrogen-bond donors (Lipinski definition) is 2. The van der Waals surface area contributed by atoms with Crippen molar-refractivity contribution in [1.29, 1.82) is 0 Å². The molecule has 0 radical (unpaired) electrons. The second-order valence-electron chi connectivity index (χ2n) is 10.9. The lowest BCUT2D eigenvalue weighted by Gasteiger charge is -2.31. The predicted molar refractivity (Wildman–Crippen MR) is 157 cm³/mol. The minimum atomic E-state index is -0.236. The highest BCUT2D eigenvalue weighted by Crippen LogP contribution is 2.47. The van der Waals surface area contributed by atoms with Gasteiger partial charge in [-0.15, -0.1) is 35.5 Å². The molecule has 0 spiro atoms. The molecule has 2 heterocycles. The van der Waals surface area contributed by atoms with Crippen molar-refractivity contribution < 1.29 is 9.90 Å². The monoisotopic (exact) mass is 543 g/mol. The Kier molecular flexibility index (Phi) is 8.18.